The monoisotopic (exact) mass is 622 g/mol. The summed E-state index contributed by atoms with van der Waals surface area (Å²) in [6, 6.07) is -1.65. The average Bonchev–Trinajstić information content (AvgIpc) is 2.73. The molecule has 0 saturated carbocycles. The molecule has 1 aromatic carbocycles. The van der Waals surface area contributed by atoms with Gasteiger partial charge in [0, 0.05) is 11.1 Å². The van der Waals surface area contributed by atoms with Crippen LogP contribution in [0, 0.1) is 16.2 Å². The molecule has 0 amide bonds. The smallest absolute Gasteiger partial charge is 0.426 e. The van der Waals surface area contributed by atoms with Crippen molar-refractivity contribution in [2.75, 3.05) is 0 Å². The van der Waals surface area contributed by atoms with Crippen molar-refractivity contribution < 1.29 is 72.4 Å². The van der Waals surface area contributed by atoms with E-state index < -0.39 is 81.1 Å². The van der Waals surface area contributed by atoms with Crippen LogP contribution in [0.2, 0.25) is 0 Å². The zero-order chi connectivity index (χ0) is 33.1. The Labute approximate surface area is 227 Å². The van der Waals surface area contributed by atoms with Gasteiger partial charge in [-0.05, 0) is 48.8 Å². The molecule has 0 saturated heterocycles. The number of aliphatic hydroxyl groups is 2. The summed E-state index contributed by atoms with van der Waals surface area (Å²) in [5, 5.41) is 19.5. The highest BCUT2D eigenvalue weighted by Gasteiger charge is 2.74. The van der Waals surface area contributed by atoms with Gasteiger partial charge in [-0.1, -0.05) is 41.5 Å². The van der Waals surface area contributed by atoms with E-state index in [0.29, 0.717) is 0 Å². The fourth-order valence-corrected chi connectivity index (χ4v) is 4.31. The Balaban J connectivity index is 4.21. The van der Waals surface area contributed by atoms with Gasteiger partial charge in [0.25, 0.3) is 11.2 Å². The van der Waals surface area contributed by atoms with Gasteiger partial charge in [-0.25, -0.2) is 0 Å². The molecular formula is C25H30F12O4. The molecule has 41 heavy (non-hydrogen) atoms. The second-order valence-electron chi connectivity index (χ2n) is 11.9. The first-order chi connectivity index (χ1) is 17.7. The van der Waals surface area contributed by atoms with Gasteiger partial charge in [0.15, 0.2) is 0 Å². The Morgan fingerprint density at radius 2 is 0.976 bits per heavy atom. The predicted octanol–water partition coefficient (Wildman–Crippen LogP) is 8.10. The molecule has 0 spiro atoms. The zero-order valence-electron chi connectivity index (χ0n) is 22.9. The van der Waals surface area contributed by atoms with Gasteiger partial charge in [-0.2, -0.15) is 52.7 Å². The van der Waals surface area contributed by atoms with Crippen LogP contribution >= 0.6 is 0 Å². The molecule has 1 rings (SSSR count). The summed E-state index contributed by atoms with van der Waals surface area (Å²) < 4.78 is 168. The Morgan fingerprint density at radius 3 is 1.22 bits per heavy atom. The number of esters is 1. The van der Waals surface area contributed by atoms with Crippen LogP contribution in [0.15, 0.2) is 18.2 Å². The van der Waals surface area contributed by atoms with Crippen LogP contribution < -0.4 is 4.74 Å². The van der Waals surface area contributed by atoms with E-state index in [1.165, 1.54) is 6.92 Å². The lowest BCUT2D eigenvalue weighted by atomic mass is 9.59. The van der Waals surface area contributed by atoms with E-state index in [0.717, 1.165) is 0 Å². The van der Waals surface area contributed by atoms with Crippen molar-refractivity contribution >= 4 is 5.97 Å². The first kappa shape index (κ1) is 36.8. The van der Waals surface area contributed by atoms with Crippen molar-refractivity contribution in [2.45, 2.75) is 97.2 Å². The first-order valence-corrected chi connectivity index (χ1v) is 11.8. The molecule has 0 fully saturated rings. The number of halogens is 12. The van der Waals surface area contributed by atoms with Crippen LogP contribution in [0.1, 0.15) is 72.4 Å². The Bertz CT molecular complexity index is 1020. The van der Waals surface area contributed by atoms with Crippen molar-refractivity contribution in [3.63, 3.8) is 0 Å². The minimum absolute atomic E-state index is 0.0592. The fourth-order valence-electron chi connectivity index (χ4n) is 4.31. The normalized spacial score (nSPS) is 16.4. The number of benzene rings is 1. The van der Waals surface area contributed by atoms with E-state index in [1.54, 1.807) is 41.5 Å². The standard InChI is InChI=1S/C25H30F12O4/c1-8-18(5,6)19(7,12-17(2,3)4)16(38)41-15-10-13(20(39,22(26,27)28)23(29,30)31)9-14(11-15)21(40,24(32,33)34)25(35,36)37/h9-11,39-40H,8,12H2,1-7H3. The van der Waals surface area contributed by atoms with Gasteiger partial charge in [0.1, 0.15) is 5.75 Å². The number of carbonyl (C=O) groups excluding carboxylic acids is 1. The third-order valence-electron chi connectivity index (χ3n) is 7.31. The summed E-state index contributed by atoms with van der Waals surface area (Å²) in [7, 11) is 0. The maximum absolute atomic E-state index is 13.6. The molecule has 0 aromatic heterocycles. The van der Waals surface area contributed by atoms with E-state index in [9.17, 15) is 67.7 Å². The van der Waals surface area contributed by atoms with E-state index in [4.69, 9.17) is 4.74 Å². The summed E-state index contributed by atoms with van der Waals surface area (Å²) in [5.74, 6) is -3.05. The summed E-state index contributed by atoms with van der Waals surface area (Å²) in [4.78, 5) is 13.4. The molecule has 0 radical (unpaired) electrons. The van der Waals surface area contributed by atoms with Gasteiger partial charge >= 0.3 is 30.7 Å². The van der Waals surface area contributed by atoms with Crippen molar-refractivity contribution in [3.05, 3.63) is 29.3 Å². The zero-order valence-corrected chi connectivity index (χ0v) is 22.9. The van der Waals surface area contributed by atoms with Crippen molar-refractivity contribution in [2.24, 2.45) is 16.2 Å². The molecule has 0 aliphatic carbocycles. The molecule has 1 unspecified atom stereocenters. The third-order valence-corrected chi connectivity index (χ3v) is 7.31. The minimum atomic E-state index is -6.75. The maximum Gasteiger partial charge on any atom is 0.430 e. The number of hydrogen-bond acceptors (Lipinski definition) is 4. The average molecular weight is 622 g/mol. The lowest BCUT2D eigenvalue weighted by molar-refractivity contribution is -0.378. The summed E-state index contributed by atoms with van der Waals surface area (Å²) in [6.07, 6.45) is -26.8. The van der Waals surface area contributed by atoms with Crippen LogP contribution in [0.5, 0.6) is 5.75 Å². The van der Waals surface area contributed by atoms with Crippen LogP contribution in [-0.4, -0.2) is 40.9 Å². The number of carbonyl (C=O) groups is 1. The van der Waals surface area contributed by atoms with E-state index in [1.807, 2.05) is 0 Å². The first-order valence-electron chi connectivity index (χ1n) is 11.8. The van der Waals surface area contributed by atoms with Crippen molar-refractivity contribution in [1.29, 1.82) is 0 Å². The van der Waals surface area contributed by atoms with Gasteiger partial charge in [0.2, 0.25) is 0 Å². The van der Waals surface area contributed by atoms with E-state index in [-0.39, 0.29) is 25.0 Å². The predicted molar refractivity (Wildman–Crippen MR) is 120 cm³/mol. The molecule has 2 N–H and O–H groups in total. The molecule has 1 aromatic rings. The molecule has 0 bridgehead atoms. The summed E-state index contributed by atoms with van der Waals surface area (Å²) in [6.45, 7) is 11.0. The Hall–Kier alpha value is -2.23. The van der Waals surface area contributed by atoms with E-state index >= 15 is 0 Å². The largest absolute Gasteiger partial charge is 0.430 e. The highest BCUT2D eigenvalue weighted by atomic mass is 19.4. The van der Waals surface area contributed by atoms with Crippen LogP contribution in [0.25, 0.3) is 0 Å². The molecule has 238 valence electrons. The summed E-state index contributed by atoms with van der Waals surface area (Å²) in [5.41, 5.74) is -20.7. The fraction of sp³-hybridized carbons (Fsp3) is 0.720. The van der Waals surface area contributed by atoms with Gasteiger partial charge in [-0.3, -0.25) is 4.79 Å². The molecule has 16 heteroatoms. The van der Waals surface area contributed by atoms with Gasteiger partial charge in [0.05, 0.1) is 5.41 Å². The third kappa shape index (κ3) is 6.57. The molecule has 4 nitrogen and oxygen atoms in total. The molecular weight excluding hydrogens is 592 g/mol. The lowest BCUT2D eigenvalue weighted by Gasteiger charge is -2.45. The Morgan fingerprint density at radius 1 is 0.659 bits per heavy atom. The number of alkyl halides is 12. The topological polar surface area (TPSA) is 66.8 Å². The SMILES string of the molecule is CCC(C)(C)C(C)(CC(C)(C)C)C(=O)Oc1cc(C(O)(C(F)(F)F)C(F)(F)F)cc(C(O)(C(F)(F)F)C(F)(F)F)c1. The highest BCUT2D eigenvalue weighted by Crippen LogP contribution is 2.55. The quantitative estimate of drug-likeness (QED) is 0.183. The number of hydrogen-bond donors (Lipinski definition) is 2. The lowest BCUT2D eigenvalue weighted by Crippen LogP contribution is -2.55. The van der Waals surface area contributed by atoms with Crippen LogP contribution in [0.4, 0.5) is 52.7 Å². The number of rotatable bonds is 7. The maximum atomic E-state index is 13.6. The Kier molecular flexibility index (Phi) is 9.41. The molecule has 0 aliphatic rings. The summed E-state index contributed by atoms with van der Waals surface area (Å²) >= 11 is 0. The second-order valence-corrected chi connectivity index (χ2v) is 11.9. The second kappa shape index (κ2) is 10.5. The molecule has 0 heterocycles. The molecule has 1 atom stereocenters. The van der Waals surface area contributed by atoms with Gasteiger partial charge < -0.3 is 14.9 Å². The molecule has 0 aliphatic heterocycles. The highest BCUT2D eigenvalue weighted by molar-refractivity contribution is 5.80. The minimum Gasteiger partial charge on any atom is -0.426 e. The van der Waals surface area contributed by atoms with E-state index in [2.05, 4.69) is 0 Å². The van der Waals surface area contributed by atoms with Crippen LogP contribution in [0.3, 0.4) is 0 Å². The van der Waals surface area contributed by atoms with Crippen molar-refractivity contribution in [1.82, 2.24) is 0 Å². The van der Waals surface area contributed by atoms with Gasteiger partial charge in [-0.15, -0.1) is 0 Å². The number of ether oxygens (including phenoxy) is 1. The van der Waals surface area contributed by atoms with Crippen molar-refractivity contribution in [3.8, 4) is 5.75 Å². The van der Waals surface area contributed by atoms with Crippen LogP contribution in [-0.2, 0) is 16.0 Å².